The largest absolute Gasteiger partial charge is 0.358 e. The highest BCUT2D eigenvalue weighted by atomic mass is 16.2. The van der Waals surface area contributed by atoms with Crippen LogP contribution in [-0.4, -0.2) is 69.2 Å². The van der Waals surface area contributed by atoms with Crippen LogP contribution in [-0.2, 0) is 4.79 Å². The Morgan fingerprint density at radius 2 is 2.12 bits per heavy atom. The van der Waals surface area contributed by atoms with Crippen molar-refractivity contribution in [2.75, 3.05) is 26.7 Å². The van der Waals surface area contributed by atoms with Crippen LogP contribution in [0.4, 0.5) is 0 Å². The predicted octanol–water partition coefficient (Wildman–Crippen LogP) is -0.397. The van der Waals surface area contributed by atoms with Gasteiger partial charge in [0.05, 0.1) is 6.54 Å². The van der Waals surface area contributed by atoms with Gasteiger partial charge >= 0.3 is 0 Å². The Morgan fingerprint density at radius 1 is 1.32 bits per heavy atom. The minimum atomic E-state index is -0.131. The summed E-state index contributed by atoms with van der Waals surface area (Å²) in [4.78, 5) is 34.1. The van der Waals surface area contributed by atoms with E-state index in [0.29, 0.717) is 17.9 Å². The summed E-state index contributed by atoms with van der Waals surface area (Å²) in [5, 5.41) is 9.70. The zero-order chi connectivity index (χ0) is 17.6. The molecule has 0 aliphatic carbocycles. The Labute approximate surface area is 145 Å². The van der Waals surface area contributed by atoms with Crippen molar-refractivity contribution < 1.29 is 9.59 Å². The molecule has 0 aromatic carbocycles. The van der Waals surface area contributed by atoms with E-state index in [-0.39, 0.29) is 17.9 Å². The second kappa shape index (κ2) is 7.84. The van der Waals surface area contributed by atoms with Crippen LogP contribution in [0.15, 0.2) is 31.0 Å². The fourth-order valence-corrected chi connectivity index (χ4v) is 2.80. The normalized spacial score (nSPS) is 15.7. The number of rotatable bonds is 5. The van der Waals surface area contributed by atoms with E-state index in [2.05, 4.69) is 30.6 Å². The van der Waals surface area contributed by atoms with Crippen LogP contribution in [0.1, 0.15) is 23.2 Å². The number of likely N-dealkylation sites (tertiary alicyclic amines) is 1. The molecule has 0 bridgehead atoms. The van der Waals surface area contributed by atoms with Crippen molar-refractivity contribution in [2.45, 2.75) is 18.9 Å². The first-order valence-corrected chi connectivity index (χ1v) is 8.20. The highest BCUT2D eigenvalue weighted by molar-refractivity contribution is 5.94. The van der Waals surface area contributed by atoms with Crippen molar-refractivity contribution >= 4 is 11.8 Å². The maximum atomic E-state index is 12.5. The third kappa shape index (κ3) is 4.38. The number of carbonyl (C=O) groups is 2. The number of nitrogens with one attached hydrogen (secondary N) is 2. The summed E-state index contributed by atoms with van der Waals surface area (Å²) in [7, 11) is 1.64. The summed E-state index contributed by atoms with van der Waals surface area (Å²) in [6.45, 7) is 1.99. The number of amides is 2. The standard InChI is InChI=1S/C16H21N7O2/c1-17-15(24)9-22-6-3-13(4-7-22)21-16(25)12-2-5-19-14(8-12)23-11-18-10-20-23/h2,5,8,10-11,13H,3-4,6-7,9H2,1H3,(H,17,24)(H,21,25). The molecule has 0 unspecified atom stereocenters. The van der Waals surface area contributed by atoms with Gasteiger partial charge in [0.25, 0.3) is 5.91 Å². The summed E-state index contributed by atoms with van der Waals surface area (Å²) >= 11 is 0. The van der Waals surface area contributed by atoms with E-state index in [1.54, 1.807) is 25.4 Å². The quantitative estimate of drug-likeness (QED) is 0.766. The number of piperidine rings is 1. The van der Waals surface area contributed by atoms with Gasteiger partial charge in [-0.2, -0.15) is 5.10 Å². The zero-order valence-corrected chi connectivity index (χ0v) is 14.1. The Bertz CT molecular complexity index is 724. The molecule has 25 heavy (non-hydrogen) atoms. The molecular formula is C16H21N7O2. The molecule has 0 radical (unpaired) electrons. The van der Waals surface area contributed by atoms with Crippen LogP contribution in [0.25, 0.3) is 5.82 Å². The van der Waals surface area contributed by atoms with Gasteiger partial charge in [0.1, 0.15) is 12.7 Å². The first-order valence-electron chi connectivity index (χ1n) is 8.20. The van der Waals surface area contributed by atoms with Crippen LogP contribution in [0, 0.1) is 0 Å². The number of hydrogen-bond acceptors (Lipinski definition) is 6. The molecule has 0 atom stereocenters. The third-order valence-electron chi connectivity index (χ3n) is 4.23. The first kappa shape index (κ1) is 17.0. The molecule has 2 aromatic rings. The van der Waals surface area contributed by atoms with Gasteiger partial charge in [0.15, 0.2) is 5.82 Å². The lowest BCUT2D eigenvalue weighted by Gasteiger charge is -2.31. The second-order valence-corrected chi connectivity index (χ2v) is 5.94. The Balaban J connectivity index is 1.55. The molecule has 2 N–H and O–H groups in total. The molecule has 0 saturated carbocycles. The summed E-state index contributed by atoms with van der Waals surface area (Å²) in [6.07, 6.45) is 6.18. The van der Waals surface area contributed by atoms with E-state index in [1.807, 2.05) is 0 Å². The molecule has 3 rings (SSSR count). The van der Waals surface area contributed by atoms with Gasteiger partial charge in [-0.25, -0.2) is 14.6 Å². The maximum Gasteiger partial charge on any atom is 0.251 e. The smallest absolute Gasteiger partial charge is 0.251 e. The van der Waals surface area contributed by atoms with E-state index < -0.39 is 0 Å². The molecule has 1 aliphatic heterocycles. The van der Waals surface area contributed by atoms with Crippen LogP contribution in [0.3, 0.4) is 0 Å². The lowest BCUT2D eigenvalue weighted by molar-refractivity contribution is -0.122. The van der Waals surface area contributed by atoms with Crippen molar-refractivity contribution in [1.29, 1.82) is 0 Å². The van der Waals surface area contributed by atoms with Gasteiger partial charge in [-0.15, -0.1) is 0 Å². The van der Waals surface area contributed by atoms with E-state index in [0.717, 1.165) is 25.9 Å². The number of pyridine rings is 1. The van der Waals surface area contributed by atoms with Crippen LogP contribution < -0.4 is 10.6 Å². The average molecular weight is 343 g/mol. The number of aromatic nitrogens is 4. The first-order chi connectivity index (χ1) is 12.2. The van der Waals surface area contributed by atoms with Crippen molar-refractivity contribution in [1.82, 2.24) is 35.3 Å². The molecule has 132 valence electrons. The SMILES string of the molecule is CNC(=O)CN1CCC(NC(=O)c2ccnc(-n3cncn3)c2)CC1. The monoisotopic (exact) mass is 343 g/mol. The van der Waals surface area contributed by atoms with Crippen LogP contribution in [0.2, 0.25) is 0 Å². The van der Waals surface area contributed by atoms with E-state index >= 15 is 0 Å². The van der Waals surface area contributed by atoms with Crippen molar-refractivity contribution in [2.24, 2.45) is 0 Å². The molecule has 3 heterocycles. The highest BCUT2D eigenvalue weighted by Crippen LogP contribution is 2.12. The molecule has 0 spiro atoms. The molecule has 2 aromatic heterocycles. The Morgan fingerprint density at radius 3 is 2.80 bits per heavy atom. The lowest BCUT2D eigenvalue weighted by Crippen LogP contribution is -2.47. The van der Waals surface area contributed by atoms with E-state index in [4.69, 9.17) is 0 Å². The fraction of sp³-hybridized carbons (Fsp3) is 0.438. The van der Waals surface area contributed by atoms with Gasteiger partial charge in [0.2, 0.25) is 5.91 Å². The van der Waals surface area contributed by atoms with Gasteiger partial charge in [-0.3, -0.25) is 14.5 Å². The predicted molar refractivity (Wildman–Crippen MR) is 90.1 cm³/mol. The Hall–Kier alpha value is -2.81. The van der Waals surface area contributed by atoms with Gasteiger partial charge < -0.3 is 10.6 Å². The topological polar surface area (TPSA) is 105 Å². The molecular weight excluding hydrogens is 322 g/mol. The van der Waals surface area contributed by atoms with Crippen molar-refractivity contribution in [3.8, 4) is 5.82 Å². The van der Waals surface area contributed by atoms with Crippen LogP contribution >= 0.6 is 0 Å². The van der Waals surface area contributed by atoms with Crippen molar-refractivity contribution in [3.63, 3.8) is 0 Å². The van der Waals surface area contributed by atoms with Crippen LogP contribution in [0.5, 0.6) is 0 Å². The van der Waals surface area contributed by atoms with E-state index in [9.17, 15) is 9.59 Å². The zero-order valence-electron chi connectivity index (χ0n) is 14.1. The Kier molecular flexibility index (Phi) is 5.34. The highest BCUT2D eigenvalue weighted by Gasteiger charge is 2.22. The summed E-state index contributed by atoms with van der Waals surface area (Å²) in [5.41, 5.74) is 0.535. The molecule has 9 heteroatoms. The molecule has 1 saturated heterocycles. The lowest BCUT2D eigenvalue weighted by atomic mass is 10.0. The fourth-order valence-electron chi connectivity index (χ4n) is 2.80. The number of carbonyl (C=O) groups excluding carboxylic acids is 2. The summed E-state index contributed by atoms with van der Waals surface area (Å²) in [5.74, 6) is 0.430. The molecule has 1 aliphatic rings. The summed E-state index contributed by atoms with van der Waals surface area (Å²) in [6, 6.07) is 3.47. The van der Waals surface area contributed by atoms with Gasteiger partial charge in [-0.05, 0) is 25.0 Å². The molecule has 1 fully saturated rings. The number of likely N-dealkylation sites (N-methyl/N-ethyl adjacent to an activating group) is 1. The molecule has 2 amide bonds. The minimum Gasteiger partial charge on any atom is -0.358 e. The number of nitrogens with zero attached hydrogens (tertiary/aromatic N) is 5. The molecule has 9 nitrogen and oxygen atoms in total. The van der Waals surface area contributed by atoms with Gasteiger partial charge in [-0.1, -0.05) is 0 Å². The minimum absolute atomic E-state index is 0.0138. The second-order valence-electron chi connectivity index (χ2n) is 5.94. The third-order valence-corrected chi connectivity index (χ3v) is 4.23. The maximum absolute atomic E-state index is 12.5. The van der Waals surface area contributed by atoms with Gasteiger partial charge in [0, 0.05) is 37.9 Å². The summed E-state index contributed by atoms with van der Waals surface area (Å²) < 4.78 is 1.51. The van der Waals surface area contributed by atoms with Crippen molar-refractivity contribution in [3.05, 3.63) is 36.5 Å². The van der Waals surface area contributed by atoms with E-state index in [1.165, 1.54) is 17.3 Å². The average Bonchev–Trinajstić information content (AvgIpc) is 3.18. The number of hydrogen-bond donors (Lipinski definition) is 2.